The van der Waals surface area contributed by atoms with Gasteiger partial charge >= 0.3 is 0 Å². The van der Waals surface area contributed by atoms with Gasteiger partial charge < -0.3 is 5.73 Å². The number of likely N-dealkylation sites (tertiary alicyclic amines) is 1. The van der Waals surface area contributed by atoms with Crippen molar-refractivity contribution in [3.8, 4) is 0 Å². The summed E-state index contributed by atoms with van der Waals surface area (Å²) in [5.41, 5.74) is 10.5. The van der Waals surface area contributed by atoms with E-state index in [-0.39, 0.29) is 12.4 Å². The van der Waals surface area contributed by atoms with Gasteiger partial charge in [0.15, 0.2) is 0 Å². The number of rotatable bonds is 3. The zero-order valence-corrected chi connectivity index (χ0v) is 12.6. The second-order valence-electron chi connectivity index (χ2n) is 6.07. The summed E-state index contributed by atoms with van der Waals surface area (Å²) >= 11 is 0. The van der Waals surface area contributed by atoms with Crippen LogP contribution in [0.5, 0.6) is 0 Å². The molecule has 1 aliphatic heterocycles. The lowest BCUT2D eigenvalue weighted by atomic mass is 10.1. The summed E-state index contributed by atoms with van der Waals surface area (Å²) in [5, 5.41) is 0. The van der Waals surface area contributed by atoms with Gasteiger partial charge in [0.25, 0.3) is 0 Å². The zero-order valence-electron chi connectivity index (χ0n) is 11.8. The highest BCUT2D eigenvalue weighted by Gasteiger charge is 2.27. The normalized spacial score (nSPS) is 26.2. The van der Waals surface area contributed by atoms with E-state index in [0.29, 0.717) is 12.0 Å². The fourth-order valence-electron chi connectivity index (χ4n) is 3.57. The minimum Gasteiger partial charge on any atom is -0.330 e. The summed E-state index contributed by atoms with van der Waals surface area (Å²) in [6, 6.07) is 7.79. The van der Waals surface area contributed by atoms with Crippen LogP contribution in [-0.4, -0.2) is 24.0 Å². The molecule has 3 heteroatoms. The molecule has 2 nitrogen and oxygen atoms in total. The Hall–Kier alpha value is -0.570. The second kappa shape index (κ2) is 6.25. The number of nitrogens with zero attached hydrogens (tertiary/aromatic N) is 1. The Labute approximate surface area is 122 Å². The van der Waals surface area contributed by atoms with E-state index in [1.54, 1.807) is 11.1 Å². The molecule has 1 fully saturated rings. The smallest absolute Gasteiger partial charge is 0.0236 e. The number of hydrogen-bond donors (Lipinski definition) is 1. The van der Waals surface area contributed by atoms with Crippen molar-refractivity contribution in [2.45, 2.75) is 45.2 Å². The molecule has 0 amide bonds. The van der Waals surface area contributed by atoms with E-state index in [1.807, 2.05) is 0 Å². The lowest BCUT2D eigenvalue weighted by Gasteiger charge is -2.21. The Morgan fingerprint density at radius 1 is 1.26 bits per heavy atom. The molecule has 0 radical (unpaired) electrons. The minimum absolute atomic E-state index is 0. The van der Waals surface area contributed by atoms with Gasteiger partial charge in [-0.15, -0.1) is 12.4 Å². The Balaban J connectivity index is 0.00000133. The third-order valence-electron chi connectivity index (χ3n) is 4.67. The van der Waals surface area contributed by atoms with Crippen molar-refractivity contribution in [2.24, 2.45) is 11.7 Å². The first-order valence-electron chi connectivity index (χ1n) is 7.31. The van der Waals surface area contributed by atoms with Crippen LogP contribution in [0.15, 0.2) is 18.2 Å². The highest BCUT2D eigenvalue weighted by Crippen LogP contribution is 2.27. The van der Waals surface area contributed by atoms with E-state index < -0.39 is 0 Å². The Kier molecular flexibility index (Phi) is 4.88. The van der Waals surface area contributed by atoms with Crippen LogP contribution in [-0.2, 0) is 19.4 Å². The maximum absolute atomic E-state index is 5.80. The molecule has 3 rings (SSSR count). The van der Waals surface area contributed by atoms with Gasteiger partial charge in [0, 0.05) is 19.1 Å². The van der Waals surface area contributed by atoms with Crippen molar-refractivity contribution in [3.63, 3.8) is 0 Å². The Morgan fingerprint density at radius 3 is 2.79 bits per heavy atom. The average Bonchev–Trinajstić information content (AvgIpc) is 2.96. The van der Waals surface area contributed by atoms with E-state index in [2.05, 4.69) is 30.0 Å². The lowest BCUT2D eigenvalue weighted by Crippen LogP contribution is -2.27. The van der Waals surface area contributed by atoms with E-state index in [1.165, 1.54) is 37.8 Å². The van der Waals surface area contributed by atoms with Gasteiger partial charge in [-0.25, -0.2) is 0 Å². The summed E-state index contributed by atoms with van der Waals surface area (Å²) in [4.78, 5) is 2.59. The van der Waals surface area contributed by atoms with E-state index in [4.69, 9.17) is 5.73 Å². The summed E-state index contributed by atoms with van der Waals surface area (Å²) < 4.78 is 0. The first-order valence-corrected chi connectivity index (χ1v) is 7.31. The molecule has 0 bridgehead atoms. The number of aryl methyl sites for hydroxylation is 2. The molecule has 2 atom stereocenters. The van der Waals surface area contributed by atoms with E-state index >= 15 is 0 Å². The van der Waals surface area contributed by atoms with Crippen LogP contribution in [0.25, 0.3) is 0 Å². The summed E-state index contributed by atoms with van der Waals surface area (Å²) in [5.74, 6) is 0.703. The molecule has 1 saturated heterocycles. The molecule has 2 aliphatic rings. The summed E-state index contributed by atoms with van der Waals surface area (Å²) in [7, 11) is 0. The molecular weight excluding hydrogens is 256 g/mol. The molecule has 1 aliphatic carbocycles. The van der Waals surface area contributed by atoms with Crippen LogP contribution >= 0.6 is 12.4 Å². The Bertz CT molecular complexity index is 433. The number of hydrogen-bond acceptors (Lipinski definition) is 2. The van der Waals surface area contributed by atoms with Crippen molar-refractivity contribution in [1.82, 2.24) is 4.90 Å². The molecule has 1 aromatic carbocycles. The third kappa shape index (κ3) is 3.13. The minimum atomic E-state index is 0. The van der Waals surface area contributed by atoms with Crippen LogP contribution in [0, 0.1) is 5.92 Å². The predicted molar refractivity (Wildman–Crippen MR) is 82.7 cm³/mol. The van der Waals surface area contributed by atoms with E-state index in [0.717, 1.165) is 13.1 Å². The molecule has 2 N–H and O–H groups in total. The van der Waals surface area contributed by atoms with Gasteiger partial charge in [-0.2, -0.15) is 0 Å². The van der Waals surface area contributed by atoms with Gasteiger partial charge in [0.05, 0.1) is 0 Å². The SMILES string of the molecule is CC1CC(CN)CN1Cc1ccc2c(c1)CCC2.Cl. The van der Waals surface area contributed by atoms with Gasteiger partial charge in [-0.3, -0.25) is 4.90 Å². The highest BCUT2D eigenvalue weighted by molar-refractivity contribution is 5.85. The Morgan fingerprint density at radius 2 is 2.05 bits per heavy atom. The largest absolute Gasteiger partial charge is 0.330 e. The fraction of sp³-hybridized carbons (Fsp3) is 0.625. The number of nitrogens with two attached hydrogens (primary N) is 1. The molecule has 2 unspecified atom stereocenters. The molecular formula is C16H25ClN2. The maximum atomic E-state index is 5.80. The fourth-order valence-corrected chi connectivity index (χ4v) is 3.57. The van der Waals surface area contributed by atoms with Crippen molar-refractivity contribution >= 4 is 12.4 Å². The maximum Gasteiger partial charge on any atom is 0.0236 e. The van der Waals surface area contributed by atoms with Gasteiger partial charge in [-0.05, 0) is 61.8 Å². The van der Waals surface area contributed by atoms with Crippen molar-refractivity contribution < 1.29 is 0 Å². The van der Waals surface area contributed by atoms with Gasteiger partial charge in [0.1, 0.15) is 0 Å². The molecule has 0 saturated carbocycles. The molecule has 1 aromatic rings. The molecule has 19 heavy (non-hydrogen) atoms. The van der Waals surface area contributed by atoms with Crippen LogP contribution in [0.1, 0.15) is 36.5 Å². The molecule has 0 spiro atoms. The quantitative estimate of drug-likeness (QED) is 0.923. The number of benzene rings is 1. The van der Waals surface area contributed by atoms with Gasteiger partial charge in [-0.1, -0.05) is 18.2 Å². The van der Waals surface area contributed by atoms with Crippen LogP contribution in [0.2, 0.25) is 0 Å². The lowest BCUT2D eigenvalue weighted by molar-refractivity contribution is 0.256. The van der Waals surface area contributed by atoms with E-state index in [9.17, 15) is 0 Å². The van der Waals surface area contributed by atoms with Crippen LogP contribution in [0.3, 0.4) is 0 Å². The zero-order chi connectivity index (χ0) is 12.5. The topological polar surface area (TPSA) is 29.3 Å². The second-order valence-corrected chi connectivity index (χ2v) is 6.07. The van der Waals surface area contributed by atoms with Crippen molar-refractivity contribution in [2.75, 3.05) is 13.1 Å². The average molecular weight is 281 g/mol. The van der Waals surface area contributed by atoms with Crippen molar-refractivity contribution in [3.05, 3.63) is 34.9 Å². The standard InChI is InChI=1S/C16H24N2.ClH/c1-12-7-14(9-17)11-18(12)10-13-5-6-15-3-2-4-16(15)8-13;/h5-6,8,12,14H,2-4,7,9-11,17H2,1H3;1H. The monoisotopic (exact) mass is 280 g/mol. The van der Waals surface area contributed by atoms with Crippen molar-refractivity contribution in [1.29, 1.82) is 0 Å². The first kappa shape index (κ1) is 14.8. The summed E-state index contributed by atoms with van der Waals surface area (Å²) in [6.45, 7) is 5.45. The van der Waals surface area contributed by atoms with Crippen LogP contribution in [0.4, 0.5) is 0 Å². The first-order chi connectivity index (χ1) is 8.76. The third-order valence-corrected chi connectivity index (χ3v) is 4.67. The molecule has 1 heterocycles. The number of halogens is 1. The predicted octanol–water partition coefficient (Wildman–Crippen LogP) is 2.77. The summed E-state index contributed by atoms with van der Waals surface area (Å²) in [6.07, 6.45) is 5.17. The highest BCUT2D eigenvalue weighted by atomic mass is 35.5. The number of fused-ring (bicyclic) bond motifs is 1. The molecule has 0 aromatic heterocycles. The molecule has 106 valence electrons. The van der Waals surface area contributed by atoms with Gasteiger partial charge in [0.2, 0.25) is 0 Å². The van der Waals surface area contributed by atoms with Crippen LogP contribution < -0.4 is 5.73 Å².